The van der Waals surface area contributed by atoms with E-state index in [1.807, 2.05) is 59.5 Å². The number of piperazine rings is 1. The van der Waals surface area contributed by atoms with E-state index in [1.54, 1.807) is 6.21 Å². The number of amides is 1. The molecule has 0 aliphatic carbocycles. The van der Waals surface area contributed by atoms with Crippen molar-refractivity contribution in [1.82, 2.24) is 9.80 Å². The van der Waals surface area contributed by atoms with Gasteiger partial charge in [0.05, 0.1) is 6.21 Å². The molecule has 146 valence electrons. The SMILES string of the molecule is CN1CCN(C(=O)c2ccccc2C=NN=C(N)SCc2ccccc2)CC1. The number of rotatable bonds is 5. The number of amidine groups is 1. The average molecular weight is 396 g/mol. The summed E-state index contributed by atoms with van der Waals surface area (Å²) >= 11 is 1.43. The largest absolute Gasteiger partial charge is 0.377 e. The summed E-state index contributed by atoms with van der Waals surface area (Å²) in [5.74, 6) is 0.773. The Morgan fingerprint density at radius 2 is 1.75 bits per heavy atom. The van der Waals surface area contributed by atoms with E-state index in [0.717, 1.165) is 37.5 Å². The van der Waals surface area contributed by atoms with Crippen molar-refractivity contribution in [3.8, 4) is 0 Å². The maximum absolute atomic E-state index is 12.9. The summed E-state index contributed by atoms with van der Waals surface area (Å²) < 4.78 is 0. The summed E-state index contributed by atoms with van der Waals surface area (Å²) in [6.45, 7) is 3.26. The maximum Gasteiger partial charge on any atom is 0.254 e. The highest BCUT2D eigenvalue weighted by Crippen LogP contribution is 2.13. The number of carbonyl (C=O) groups excluding carboxylic acids is 1. The number of thioether (sulfide) groups is 1. The molecule has 2 aromatic carbocycles. The molecule has 1 amide bonds. The predicted octanol–water partition coefficient (Wildman–Crippen LogP) is 2.66. The van der Waals surface area contributed by atoms with Crippen LogP contribution < -0.4 is 5.73 Å². The van der Waals surface area contributed by atoms with E-state index in [0.29, 0.717) is 10.7 Å². The summed E-state index contributed by atoms with van der Waals surface area (Å²) in [4.78, 5) is 17.0. The Balaban J connectivity index is 1.63. The summed E-state index contributed by atoms with van der Waals surface area (Å²) in [5.41, 5.74) is 8.50. The van der Waals surface area contributed by atoms with E-state index in [2.05, 4.69) is 22.2 Å². The lowest BCUT2D eigenvalue weighted by Crippen LogP contribution is -2.47. The molecule has 6 nitrogen and oxygen atoms in total. The highest BCUT2D eigenvalue weighted by molar-refractivity contribution is 8.13. The number of nitrogens with two attached hydrogens (primary N) is 1. The van der Waals surface area contributed by atoms with Crippen molar-refractivity contribution in [2.45, 2.75) is 5.75 Å². The Bertz CT molecular complexity index is 845. The predicted molar refractivity (Wildman–Crippen MR) is 117 cm³/mol. The first-order valence-electron chi connectivity index (χ1n) is 9.23. The molecule has 2 N–H and O–H groups in total. The van der Waals surface area contributed by atoms with Crippen LogP contribution in [0, 0.1) is 0 Å². The Labute approximate surface area is 170 Å². The zero-order chi connectivity index (χ0) is 19.8. The first kappa shape index (κ1) is 20.1. The fourth-order valence-corrected chi connectivity index (χ4v) is 3.50. The Hall–Kier alpha value is -2.64. The number of hydrogen-bond acceptors (Lipinski definition) is 5. The van der Waals surface area contributed by atoms with Crippen LogP contribution in [0.25, 0.3) is 0 Å². The van der Waals surface area contributed by atoms with Gasteiger partial charge in [0.1, 0.15) is 0 Å². The molecule has 2 aromatic rings. The third-order valence-electron chi connectivity index (χ3n) is 4.56. The van der Waals surface area contributed by atoms with Gasteiger partial charge in [0.15, 0.2) is 5.17 Å². The molecule has 1 saturated heterocycles. The first-order chi connectivity index (χ1) is 13.6. The quantitative estimate of drug-likeness (QED) is 0.480. The molecule has 3 rings (SSSR count). The molecule has 0 aromatic heterocycles. The molecule has 0 saturated carbocycles. The monoisotopic (exact) mass is 395 g/mol. The molecular weight excluding hydrogens is 370 g/mol. The van der Waals surface area contributed by atoms with Crippen LogP contribution in [0.2, 0.25) is 0 Å². The fraction of sp³-hybridized carbons (Fsp3) is 0.286. The Kier molecular flexibility index (Phi) is 7.22. The van der Waals surface area contributed by atoms with E-state index in [4.69, 9.17) is 5.73 Å². The number of benzene rings is 2. The fourth-order valence-electron chi connectivity index (χ4n) is 2.89. The van der Waals surface area contributed by atoms with Crippen molar-refractivity contribution in [3.63, 3.8) is 0 Å². The van der Waals surface area contributed by atoms with E-state index >= 15 is 0 Å². The van der Waals surface area contributed by atoms with Crippen LogP contribution in [0.5, 0.6) is 0 Å². The van der Waals surface area contributed by atoms with Gasteiger partial charge in [0.25, 0.3) is 5.91 Å². The van der Waals surface area contributed by atoms with Gasteiger partial charge in [-0.1, -0.05) is 60.3 Å². The van der Waals surface area contributed by atoms with Crippen LogP contribution in [0.15, 0.2) is 64.8 Å². The second kappa shape index (κ2) is 10.1. The highest BCUT2D eigenvalue weighted by atomic mass is 32.2. The number of hydrogen-bond donors (Lipinski definition) is 1. The molecular formula is C21H25N5OS. The molecule has 7 heteroatoms. The van der Waals surface area contributed by atoms with Gasteiger partial charge in [-0.05, 0) is 18.7 Å². The molecule has 0 radical (unpaired) electrons. The van der Waals surface area contributed by atoms with E-state index in [9.17, 15) is 4.79 Å². The standard InChI is InChI=1S/C21H25N5OS/c1-25-11-13-26(14-12-25)20(27)19-10-6-5-9-18(19)15-23-24-21(22)28-16-17-7-3-2-4-8-17/h2-10,15H,11-14,16H2,1H3,(H2,22,24). The summed E-state index contributed by atoms with van der Waals surface area (Å²) in [7, 11) is 2.07. The molecule has 1 fully saturated rings. The van der Waals surface area contributed by atoms with E-state index < -0.39 is 0 Å². The molecule has 1 heterocycles. The zero-order valence-electron chi connectivity index (χ0n) is 16.0. The second-order valence-corrected chi connectivity index (χ2v) is 7.64. The van der Waals surface area contributed by atoms with Crippen molar-refractivity contribution < 1.29 is 4.79 Å². The summed E-state index contributed by atoms with van der Waals surface area (Å²) in [6, 6.07) is 17.5. The van der Waals surface area contributed by atoms with Crippen LogP contribution in [0.3, 0.4) is 0 Å². The van der Waals surface area contributed by atoms with Crippen molar-refractivity contribution in [2.24, 2.45) is 15.9 Å². The van der Waals surface area contributed by atoms with Gasteiger partial charge in [-0.3, -0.25) is 4.79 Å². The molecule has 28 heavy (non-hydrogen) atoms. The van der Waals surface area contributed by atoms with Crippen LogP contribution in [-0.2, 0) is 5.75 Å². The second-order valence-electron chi connectivity index (χ2n) is 6.64. The van der Waals surface area contributed by atoms with E-state index in [1.165, 1.54) is 17.3 Å². The lowest BCUT2D eigenvalue weighted by atomic mass is 10.1. The molecule has 1 aliphatic rings. The van der Waals surface area contributed by atoms with Crippen LogP contribution in [-0.4, -0.2) is 60.3 Å². The van der Waals surface area contributed by atoms with Gasteiger partial charge in [-0.25, -0.2) is 0 Å². The van der Waals surface area contributed by atoms with Gasteiger partial charge in [0.2, 0.25) is 0 Å². The number of likely N-dealkylation sites (N-methyl/N-ethyl adjacent to an activating group) is 1. The highest BCUT2D eigenvalue weighted by Gasteiger charge is 2.21. The Morgan fingerprint density at radius 1 is 1.07 bits per heavy atom. The lowest BCUT2D eigenvalue weighted by molar-refractivity contribution is 0.0664. The summed E-state index contributed by atoms with van der Waals surface area (Å²) in [5, 5.41) is 8.54. The topological polar surface area (TPSA) is 74.3 Å². The van der Waals surface area contributed by atoms with Gasteiger partial charge < -0.3 is 15.5 Å². The van der Waals surface area contributed by atoms with Gasteiger partial charge in [-0.15, -0.1) is 5.10 Å². The van der Waals surface area contributed by atoms with Crippen molar-refractivity contribution >= 4 is 29.1 Å². The van der Waals surface area contributed by atoms with Crippen LogP contribution in [0.4, 0.5) is 0 Å². The van der Waals surface area contributed by atoms with Crippen molar-refractivity contribution in [3.05, 3.63) is 71.3 Å². The lowest BCUT2D eigenvalue weighted by Gasteiger charge is -2.32. The van der Waals surface area contributed by atoms with Crippen LogP contribution >= 0.6 is 11.8 Å². The van der Waals surface area contributed by atoms with Crippen molar-refractivity contribution in [2.75, 3.05) is 33.2 Å². The molecule has 0 bridgehead atoms. The summed E-state index contributed by atoms with van der Waals surface area (Å²) in [6.07, 6.45) is 1.60. The minimum atomic E-state index is 0.0329. The molecule has 0 atom stereocenters. The Morgan fingerprint density at radius 3 is 2.50 bits per heavy atom. The zero-order valence-corrected chi connectivity index (χ0v) is 16.8. The van der Waals surface area contributed by atoms with Crippen LogP contribution in [0.1, 0.15) is 21.5 Å². The molecule has 1 aliphatic heterocycles. The number of carbonyl (C=O) groups is 1. The molecule has 0 unspecified atom stereocenters. The third-order valence-corrected chi connectivity index (χ3v) is 5.42. The smallest absolute Gasteiger partial charge is 0.254 e. The third kappa shape index (κ3) is 5.68. The van der Waals surface area contributed by atoms with Gasteiger partial charge in [0, 0.05) is 43.1 Å². The normalized spacial score (nSPS) is 15.9. The van der Waals surface area contributed by atoms with Gasteiger partial charge in [-0.2, -0.15) is 5.10 Å². The average Bonchev–Trinajstić information content (AvgIpc) is 2.73. The van der Waals surface area contributed by atoms with E-state index in [-0.39, 0.29) is 5.91 Å². The van der Waals surface area contributed by atoms with Crippen molar-refractivity contribution in [1.29, 1.82) is 0 Å². The minimum Gasteiger partial charge on any atom is -0.377 e. The first-order valence-corrected chi connectivity index (χ1v) is 10.2. The van der Waals surface area contributed by atoms with Gasteiger partial charge >= 0.3 is 0 Å². The molecule has 0 spiro atoms. The maximum atomic E-state index is 12.9. The number of nitrogens with zero attached hydrogens (tertiary/aromatic N) is 4. The minimum absolute atomic E-state index is 0.0329.